The first-order chi connectivity index (χ1) is 10.8. The van der Waals surface area contributed by atoms with Crippen LogP contribution in [0.1, 0.15) is 5.56 Å². The smallest absolute Gasteiger partial charge is 0.0457 e. The van der Waals surface area contributed by atoms with E-state index < -0.39 is 0 Å². The van der Waals surface area contributed by atoms with Crippen molar-refractivity contribution in [2.75, 3.05) is 6.54 Å². The van der Waals surface area contributed by atoms with Crippen molar-refractivity contribution in [1.82, 2.24) is 4.98 Å². The molecule has 0 radical (unpaired) electrons. The lowest BCUT2D eigenvalue weighted by Gasteiger charge is -2.05. The summed E-state index contributed by atoms with van der Waals surface area (Å²) in [5, 5.41) is 3.82. The van der Waals surface area contributed by atoms with Gasteiger partial charge in [0.05, 0.1) is 0 Å². The van der Waals surface area contributed by atoms with Gasteiger partial charge in [-0.2, -0.15) is 0 Å². The molecule has 2 nitrogen and oxygen atoms in total. The van der Waals surface area contributed by atoms with Crippen molar-refractivity contribution in [1.29, 1.82) is 0 Å². The number of rotatable bonds is 3. The molecule has 3 heteroatoms. The third-order valence-electron chi connectivity index (χ3n) is 4.26. The van der Waals surface area contributed by atoms with Crippen LogP contribution in [-0.4, -0.2) is 11.5 Å². The number of halogens is 1. The van der Waals surface area contributed by atoms with Gasteiger partial charge in [0.25, 0.3) is 0 Å². The summed E-state index contributed by atoms with van der Waals surface area (Å²) >= 11 is 0. The summed E-state index contributed by atoms with van der Waals surface area (Å²) in [4.78, 5) is 3.33. The van der Waals surface area contributed by atoms with Gasteiger partial charge in [-0.3, -0.25) is 0 Å². The molecule has 0 saturated heterocycles. The van der Waals surface area contributed by atoms with Gasteiger partial charge in [0.2, 0.25) is 0 Å². The fourth-order valence-corrected chi connectivity index (χ4v) is 3.09. The third kappa shape index (κ3) is 2.83. The molecule has 0 aliphatic carbocycles. The Labute approximate surface area is 141 Å². The summed E-state index contributed by atoms with van der Waals surface area (Å²) in [5.41, 5.74) is 10.7. The maximum Gasteiger partial charge on any atom is 0.0457 e. The van der Waals surface area contributed by atoms with Gasteiger partial charge in [-0.1, -0.05) is 42.5 Å². The minimum atomic E-state index is 0. The Morgan fingerprint density at radius 1 is 0.826 bits per heavy atom. The Balaban J connectivity index is 0.00000156. The van der Waals surface area contributed by atoms with Crippen LogP contribution in [0.2, 0.25) is 0 Å². The molecule has 0 fully saturated rings. The quantitative estimate of drug-likeness (QED) is 0.553. The molecule has 3 N–H and O–H groups in total. The molecule has 0 aliphatic heterocycles. The Morgan fingerprint density at radius 2 is 1.57 bits per heavy atom. The van der Waals surface area contributed by atoms with Crippen molar-refractivity contribution in [2.45, 2.75) is 6.42 Å². The number of H-pyrrole nitrogens is 1. The topological polar surface area (TPSA) is 41.8 Å². The highest BCUT2D eigenvalue weighted by molar-refractivity contribution is 5.91. The fourth-order valence-electron chi connectivity index (χ4n) is 3.09. The summed E-state index contributed by atoms with van der Waals surface area (Å²) in [7, 11) is 0. The van der Waals surface area contributed by atoms with E-state index >= 15 is 0 Å². The number of nitrogens with one attached hydrogen (secondary N) is 1. The zero-order valence-corrected chi connectivity index (χ0v) is 13.6. The van der Waals surface area contributed by atoms with E-state index in [1.54, 1.807) is 0 Å². The van der Waals surface area contributed by atoms with Gasteiger partial charge in [0.15, 0.2) is 0 Å². The fraction of sp³-hybridized carbons (Fsp3) is 0.100. The molecule has 23 heavy (non-hydrogen) atoms. The van der Waals surface area contributed by atoms with Crippen LogP contribution < -0.4 is 5.73 Å². The normalized spacial score (nSPS) is 10.8. The molecule has 0 spiro atoms. The number of aromatic nitrogens is 1. The van der Waals surface area contributed by atoms with Crippen LogP contribution in [0.4, 0.5) is 0 Å². The maximum absolute atomic E-state index is 5.71. The molecule has 0 unspecified atom stereocenters. The second-order valence-corrected chi connectivity index (χ2v) is 5.67. The van der Waals surface area contributed by atoms with Crippen LogP contribution >= 0.6 is 12.4 Å². The summed E-state index contributed by atoms with van der Waals surface area (Å²) in [6.07, 6.45) is 2.98. The average Bonchev–Trinajstić information content (AvgIpc) is 2.97. The van der Waals surface area contributed by atoms with Crippen molar-refractivity contribution >= 4 is 34.1 Å². The number of benzene rings is 3. The van der Waals surface area contributed by atoms with Gasteiger partial charge in [0.1, 0.15) is 0 Å². The Kier molecular flexibility index (Phi) is 4.37. The molecule has 0 atom stereocenters. The number of nitrogens with two attached hydrogens (primary N) is 1. The second-order valence-electron chi connectivity index (χ2n) is 5.67. The van der Waals surface area contributed by atoms with Gasteiger partial charge >= 0.3 is 0 Å². The van der Waals surface area contributed by atoms with Crippen LogP contribution in [0.25, 0.3) is 32.8 Å². The van der Waals surface area contributed by atoms with Gasteiger partial charge in [-0.05, 0) is 58.6 Å². The number of hydrogen-bond donors (Lipinski definition) is 2. The highest BCUT2D eigenvalue weighted by atomic mass is 35.5. The molecule has 116 valence electrons. The molecule has 0 saturated carbocycles. The lowest BCUT2D eigenvalue weighted by atomic mass is 9.99. The predicted octanol–water partition coefficient (Wildman–Crippen LogP) is 4.91. The van der Waals surface area contributed by atoms with Gasteiger partial charge < -0.3 is 10.7 Å². The Bertz CT molecular complexity index is 956. The van der Waals surface area contributed by atoms with Crippen molar-refractivity contribution in [3.8, 4) is 11.1 Å². The molecular weight excluding hydrogens is 304 g/mol. The first-order valence-electron chi connectivity index (χ1n) is 7.64. The molecule has 1 aromatic heterocycles. The standard InChI is InChI=1S/C20H18N2.ClH/c21-10-9-18-13-22-20-8-7-17(12-19(18)20)16-6-5-14-3-1-2-4-15(14)11-16;/h1-8,11-13,22H,9-10,21H2;1H. The molecule has 4 aromatic rings. The van der Waals surface area contributed by atoms with E-state index in [-0.39, 0.29) is 12.4 Å². The number of fused-ring (bicyclic) bond motifs is 2. The first kappa shape index (κ1) is 15.6. The SMILES string of the molecule is Cl.NCCc1c[nH]c2ccc(-c3ccc4ccccc4c3)cc12. The van der Waals surface area contributed by atoms with Crippen molar-refractivity contribution in [3.05, 3.63) is 72.4 Å². The van der Waals surface area contributed by atoms with Gasteiger partial charge in [-0.15, -0.1) is 12.4 Å². The van der Waals surface area contributed by atoms with E-state index in [1.807, 2.05) is 0 Å². The highest BCUT2D eigenvalue weighted by Crippen LogP contribution is 2.28. The van der Waals surface area contributed by atoms with Gasteiger partial charge in [0, 0.05) is 17.1 Å². The van der Waals surface area contributed by atoms with Crippen molar-refractivity contribution in [2.24, 2.45) is 5.73 Å². The van der Waals surface area contributed by atoms with E-state index in [2.05, 4.69) is 71.8 Å². The zero-order valence-electron chi connectivity index (χ0n) is 12.8. The Hall–Kier alpha value is -2.29. The minimum absolute atomic E-state index is 0. The van der Waals surface area contributed by atoms with E-state index in [9.17, 15) is 0 Å². The average molecular weight is 323 g/mol. The minimum Gasteiger partial charge on any atom is -0.361 e. The van der Waals surface area contributed by atoms with Crippen molar-refractivity contribution < 1.29 is 0 Å². The molecule has 3 aromatic carbocycles. The molecule has 0 bridgehead atoms. The Morgan fingerprint density at radius 3 is 2.39 bits per heavy atom. The number of aromatic amines is 1. The van der Waals surface area contributed by atoms with E-state index in [4.69, 9.17) is 5.73 Å². The van der Waals surface area contributed by atoms with E-state index in [1.165, 1.54) is 38.4 Å². The van der Waals surface area contributed by atoms with E-state index in [0.717, 1.165) is 6.42 Å². The molecule has 1 heterocycles. The van der Waals surface area contributed by atoms with Crippen LogP contribution in [0.15, 0.2) is 66.9 Å². The summed E-state index contributed by atoms with van der Waals surface area (Å²) in [6, 6.07) is 21.7. The predicted molar refractivity (Wildman–Crippen MR) is 101 cm³/mol. The number of hydrogen-bond acceptors (Lipinski definition) is 1. The molecule has 0 amide bonds. The zero-order chi connectivity index (χ0) is 14.9. The summed E-state index contributed by atoms with van der Waals surface area (Å²) in [5.74, 6) is 0. The molecule has 4 rings (SSSR count). The second kappa shape index (κ2) is 6.45. The lowest BCUT2D eigenvalue weighted by molar-refractivity contribution is 0.976. The van der Waals surface area contributed by atoms with Crippen LogP contribution in [0.5, 0.6) is 0 Å². The summed E-state index contributed by atoms with van der Waals surface area (Å²) < 4.78 is 0. The maximum atomic E-state index is 5.71. The van der Waals surface area contributed by atoms with Crippen LogP contribution in [-0.2, 0) is 6.42 Å². The van der Waals surface area contributed by atoms with Crippen molar-refractivity contribution in [3.63, 3.8) is 0 Å². The monoisotopic (exact) mass is 322 g/mol. The van der Waals surface area contributed by atoms with E-state index in [0.29, 0.717) is 6.54 Å². The van der Waals surface area contributed by atoms with Crippen LogP contribution in [0.3, 0.4) is 0 Å². The highest BCUT2D eigenvalue weighted by Gasteiger charge is 2.06. The summed E-state index contributed by atoms with van der Waals surface area (Å²) in [6.45, 7) is 0.674. The lowest BCUT2D eigenvalue weighted by Crippen LogP contribution is -2.01. The largest absolute Gasteiger partial charge is 0.361 e. The third-order valence-corrected chi connectivity index (χ3v) is 4.26. The first-order valence-corrected chi connectivity index (χ1v) is 7.64. The van der Waals surface area contributed by atoms with Gasteiger partial charge in [-0.25, -0.2) is 0 Å². The molecular formula is C20H19ClN2. The molecule has 0 aliphatic rings. The van der Waals surface area contributed by atoms with Crippen LogP contribution in [0, 0.1) is 0 Å².